The fraction of sp³-hybridized carbons (Fsp3) is 0.647. The van der Waals surface area contributed by atoms with Gasteiger partial charge in [0.25, 0.3) is 0 Å². The van der Waals surface area contributed by atoms with Gasteiger partial charge in [0.05, 0.1) is 7.11 Å². The first-order valence-corrected chi connectivity index (χ1v) is 7.86. The average molecular weight is 276 g/mol. The summed E-state index contributed by atoms with van der Waals surface area (Å²) in [6.07, 6.45) is 3.84. The minimum absolute atomic E-state index is 0.461. The van der Waals surface area contributed by atoms with Gasteiger partial charge in [-0.1, -0.05) is 19.1 Å². The highest BCUT2D eigenvalue weighted by atomic mass is 16.5. The van der Waals surface area contributed by atoms with E-state index < -0.39 is 0 Å². The molecule has 3 heteroatoms. The predicted molar refractivity (Wildman–Crippen MR) is 84.3 cm³/mol. The molecule has 0 saturated carbocycles. The van der Waals surface area contributed by atoms with Gasteiger partial charge in [-0.15, -0.1) is 0 Å². The van der Waals surface area contributed by atoms with Crippen LogP contribution in [0.2, 0.25) is 0 Å². The molecular weight excluding hydrogens is 248 g/mol. The van der Waals surface area contributed by atoms with Gasteiger partial charge >= 0.3 is 0 Å². The van der Waals surface area contributed by atoms with Gasteiger partial charge in [0.15, 0.2) is 0 Å². The van der Waals surface area contributed by atoms with Crippen molar-refractivity contribution in [1.29, 1.82) is 0 Å². The van der Waals surface area contributed by atoms with Gasteiger partial charge in [-0.3, -0.25) is 4.90 Å². The van der Waals surface area contributed by atoms with Crippen LogP contribution in [0.3, 0.4) is 0 Å². The van der Waals surface area contributed by atoms with Crippen molar-refractivity contribution in [3.63, 3.8) is 0 Å². The second-order valence-corrected chi connectivity index (χ2v) is 5.74. The number of methoxy groups -OCH3 is 1. The van der Waals surface area contributed by atoms with Gasteiger partial charge < -0.3 is 10.1 Å². The summed E-state index contributed by atoms with van der Waals surface area (Å²) in [6, 6.07) is 9.63. The van der Waals surface area contributed by atoms with Crippen LogP contribution in [-0.2, 0) is 0 Å². The second kappa shape index (κ2) is 7.65. The van der Waals surface area contributed by atoms with E-state index in [4.69, 9.17) is 4.74 Å². The zero-order valence-corrected chi connectivity index (χ0v) is 13.1. The first-order chi connectivity index (χ1) is 9.74. The number of hydrogen-bond donors (Lipinski definition) is 1. The summed E-state index contributed by atoms with van der Waals surface area (Å²) in [7, 11) is 1.72. The van der Waals surface area contributed by atoms with Crippen LogP contribution in [0.1, 0.15) is 44.7 Å². The molecule has 1 aliphatic heterocycles. The highest BCUT2D eigenvalue weighted by Gasteiger charge is 2.21. The van der Waals surface area contributed by atoms with E-state index in [0.29, 0.717) is 12.1 Å². The molecule has 1 heterocycles. The van der Waals surface area contributed by atoms with E-state index in [9.17, 15) is 0 Å². The van der Waals surface area contributed by atoms with Crippen LogP contribution in [0.15, 0.2) is 24.3 Å². The van der Waals surface area contributed by atoms with Crippen molar-refractivity contribution in [3.8, 4) is 5.75 Å². The molecule has 0 spiro atoms. The lowest BCUT2D eigenvalue weighted by molar-refractivity contribution is 0.192. The normalized spacial score (nSPS) is 20.3. The Hall–Kier alpha value is -1.06. The number of benzene rings is 1. The molecule has 0 aliphatic carbocycles. The number of hydrogen-bond acceptors (Lipinski definition) is 3. The number of ether oxygens (including phenoxy) is 1. The van der Waals surface area contributed by atoms with Crippen molar-refractivity contribution in [2.75, 3.05) is 26.7 Å². The van der Waals surface area contributed by atoms with E-state index in [0.717, 1.165) is 18.8 Å². The Balaban J connectivity index is 2.01. The Morgan fingerprint density at radius 1 is 1.35 bits per heavy atom. The van der Waals surface area contributed by atoms with Crippen LogP contribution in [0.5, 0.6) is 5.75 Å². The standard InChI is InChI=1S/C17H28N2O/c1-4-12-19(13-16-6-5-11-18-16)14(2)15-7-9-17(20-3)10-8-15/h7-10,14,16,18H,4-6,11-13H2,1-3H3. The van der Waals surface area contributed by atoms with E-state index in [1.807, 2.05) is 0 Å². The summed E-state index contributed by atoms with van der Waals surface area (Å²) in [5.41, 5.74) is 1.37. The first-order valence-electron chi connectivity index (χ1n) is 7.86. The highest BCUT2D eigenvalue weighted by Crippen LogP contribution is 2.24. The zero-order chi connectivity index (χ0) is 14.4. The molecule has 3 nitrogen and oxygen atoms in total. The van der Waals surface area contributed by atoms with Gasteiger partial charge in [-0.05, 0) is 57.0 Å². The molecule has 112 valence electrons. The Bertz CT molecular complexity index is 384. The molecule has 0 amide bonds. The Labute approximate surface area is 123 Å². The van der Waals surface area contributed by atoms with Gasteiger partial charge in [0.2, 0.25) is 0 Å². The molecule has 1 aliphatic rings. The maximum atomic E-state index is 5.24. The van der Waals surface area contributed by atoms with Crippen LogP contribution in [0, 0.1) is 0 Å². The molecule has 0 radical (unpaired) electrons. The minimum Gasteiger partial charge on any atom is -0.497 e. The van der Waals surface area contributed by atoms with Gasteiger partial charge in [-0.25, -0.2) is 0 Å². The molecule has 1 aromatic carbocycles. The minimum atomic E-state index is 0.461. The van der Waals surface area contributed by atoms with E-state index >= 15 is 0 Å². The third-order valence-corrected chi connectivity index (χ3v) is 4.27. The molecule has 1 aromatic rings. The predicted octanol–water partition coefficient (Wildman–Crippen LogP) is 3.22. The highest BCUT2D eigenvalue weighted by molar-refractivity contribution is 5.28. The fourth-order valence-electron chi connectivity index (χ4n) is 3.02. The van der Waals surface area contributed by atoms with E-state index in [-0.39, 0.29) is 0 Å². The van der Waals surface area contributed by atoms with E-state index in [2.05, 4.69) is 48.3 Å². The molecule has 1 N–H and O–H groups in total. The van der Waals surface area contributed by atoms with E-state index in [1.54, 1.807) is 7.11 Å². The van der Waals surface area contributed by atoms with Crippen LogP contribution in [-0.4, -0.2) is 37.7 Å². The molecule has 2 unspecified atom stereocenters. The number of nitrogens with zero attached hydrogens (tertiary/aromatic N) is 1. The number of nitrogens with one attached hydrogen (secondary N) is 1. The average Bonchev–Trinajstić information content (AvgIpc) is 2.99. The van der Waals surface area contributed by atoms with Crippen molar-refractivity contribution in [2.24, 2.45) is 0 Å². The summed E-state index contributed by atoms with van der Waals surface area (Å²) in [6.45, 7) is 8.07. The van der Waals surface area contributed by atoms with Crippen LogP contribution < -0.4 is 10.1 Å². The Kier molecular flexibility index (Phi) is 5.86. The third kappa shape index (κ3) is 3.97. The molecule has 1 saturated heterocycles. The summed E-state index contributed by atoms with van der Waals surface area (Å²) in [5, 5.41) is 3.61. The second-order valence-electron chi connectivity index (χ2n) is 5.74. The van der Waals surface area contributed by atoms with Crippen molar-refractivity contribution in [3.05, 3.63) is 29.8 Å². The molecule has 1 fully saturated rings. The summed E-state index contributed by atoms with van der Waals surface area (Å²) < 4.78 is 5.24. The van der Waals surface area contributed by atoms with Gasteiger partial charge in [0, 0.05) is 18.6 Å². The quantitative estimate of drug-likeness (QED) is 0.827. The Morgan fingerprint density at radius 3 is 2.65 bits per heavy atom. The smallest absolute Gasteiger partial charge is 0.118 e. The van der Waals surface area contributed by atoms with Crippen LogP contribution in [0.25, 0.3) is 0 Å². The molecule has 2 rings (SSSR count). The lowest BCUT2D eigenvalue weighted by Gasteiger charge is -2.31. The SMILES string of the molecule is CCCN(CC1CCCN1)C(C)c1ccc(OC)cc1. The van der Waals surface area contributed by atoms with E-state index in [1.165, 1.54) is 31.4 Å². The van der Waals surface area contributed by atoms with Crippen LogP contribution >= 0.6 is 0 Å². The molecule has 20 heavy (non-hydrogen) atoms. The third-order valence-electron chi connectivity index (χ3n) is 4.27. The van der Waals surface area contributed by atoms with Crippen molar-refractivity contribution >= 4 is 0 Å². The summed E-state index contributed by atoms with van der Waals surface area (Å²) >= 11 is 0. The lowest BCUT2D eigenvalue weighted by Crippen LogP contribution is -2.39. The van der Waals surface area contributed by atoms with Gasteiger partial charge in [0.1, 0.15) is 5.75 Å². The molecule has 2 atom stereocenters. The molecule has 0 bridgehead atoms. The fourth-order valence-corrected chi connectivity index (χ4v) is 3.02. The topological polar surface area (TPSA) is 24.5 Å². The molecular formula is C17H28N2O. The summed E-state index contributed by atoms with van der Waals surface area (Å²) in [5.74, 6) is 0.931. The Morgan fingerprint density at radius 2 is 2.10 bits per heavy atom. The largest absolute Gasteiger partial charge is 0.497 e. The lowest BCUT2D eigenvalue weighted by atomic mass is 10.1. The zero-order valence-electron chi connectivity index (χ0n) is 13.1. The van der Waals surface area contributed by atoms with Crippen molar-refractivity contribution in [2.45, 2.75) is 45.2 Å². The van der Waals surface area contributed by atoms with Crippen molar-refractivity contribution in [1.82, 2.24) is 10.2 Å². The van der Waals surface area contributed by atoms with Crippen molar-refractivity contribution < 1.29 is 4.74 Å². The first kappa shape index (κ1) is 15.3. The van der Waals surface area contributed by atoms with Gasteiger partial charge in [-0.2, -0.15) is 0 Å². The summed E-state index contributed by atoms with van der Waals surface area (Å²) in [4.78, 5) is 2.60. The maximum Gasteiger partial charge on any atom is 0.118 e. The van der Waals surface area contributed by atoms with Crippen LogP contribution in [0.4, 0.5) is 0 Å². The maximum absolute atomic E-state index is 5.24. The monoisotopic (exact) mass is 276 g/mol. The molecule has 0 aromatic heterocycles. The number of rotatable bonds is 7.